The Morgan fingerprint density at radius 3 is 1.96 bits per heavy atom. The topological polar surface area (TPSA) is 68.3 Å². The van der Waals surface area contributed by atoms with Gasteiger partial charge < -0.3 is 19.1 Å². The van der Waals surface area contributed by atoms with Crippen molar-refractivity contribution < 1.29 is 23.8 Å². The number of carbonyl (C=O) groups excluding carboxylic acids is 2. The molecular formula is C18H24N2O5. The minimum atomic E-state index is -0.317. The summed E-state index contributed by atoms with van der Waals surface area (Å²) < 4.78 is 15.4. The monoisotopic (exact) mass is 348 g/mol. The SMILES string of the molecule is COCCN(CCOC)C1=C(c2ccc(OC)cc2)C(=O)N(C)C1=O. The van der Waals surface area contributed by atoms with Gasteiger partial charge in [0.25, 0.3) is 11.8 Å². The van der Waals surface area contributed by atoms with E-state index in [2.05, 4.69) is 0 Å². The molecular weight excluding hydrogens is 324 g/mol. The lowest BCUT2D eigenvalue weighted by Crippen LogP contribution is -2.36. The largest absolute Gasteiger partial charge is 0.497 e. The summed E-state index contributed by atoms with van der Waals surface area (Å²) in [7, 11) is 6.27. The number of hydrogen-bond donors (Lipinski definition) is 0. The molecule has 136 valence electrons. The molecule has 2 rings (SSSR count). The zero-order valence-electron chi connectivity index (χ0n) is 15.1. The Hall–Kier alpha value is -2.38. The Morgan fingerprint density at radius 2 is 1.48 bits per heavy atom. The van der Waals surface area contributed by atoms with Crippen molar-refractivity contribution in [3.05, 3.63) is 35.5 Å². The van der Waals surface area contributed by atoms with E-state index in [9.17, 15) is 9.59 Å². The molecule has 0 radical (unpaired) electrons. The van der Waals surface area contributed by atoms with Gasteiger partial charge in [0.15, 0.2) is 0 Å². The molecule has 0 fully saturated rings. The van der Waals surface area contributed by atoms with Crippen molar-refractivity contribution in [2.75, 3.05) is 54.7 Å². The van der Waals surface area contributed by atoms with Gasteiger partial charge in [0, 0.05) is 34.4 Å². The van der Waals surface area contributed by atoms with Crippen LogP contribution in [0.15, 0.2) is 30.0 Å². The summed E-state index contributed by atoms with van der Waals surface area (Å²) in [6.45, 7) is 1.85. The molecule has 0 saturated heterocycles. The fraction of sp³-hybridized carbons (Fsp3) is 0.444. The first kappa shape index (κ1) is 19.0. The second-order valence-corrected chi connectivity index (χ2v) is 5.59. The Kier molecular flexibility index (Phi) is 6.55. The Bertz CT molecular complexity index is 646. The summed E-state index contributed by atoms with van der Waals surface area (Å²) in [4.78, 5) is 28.3. The number of imide groups is 1. The normalized spacial score (nSPS) is 14.5. The van der Waals surface area contributed by atoms with Gasteiger partial charge in [-0.3, -0.25) is 14.5 Å². The van der Waals surface area contributed by atoms with Gasteiger partial charge in [0.1, 0.15) is 11.4 Å². The van der Waals surface area contributed by atoms with Crippen LogP contribution in [0.4, 0.5) is 0 Å². The Balaban J connectivity index is 2.48. The lowest BCUT2D eigenvalue weighted by Gasteiger charge is -2.25. The highest BCUT2D eigenvalue weighted by molar-refractivity contribution is 6.35. The highest BCUT2D eigenvalue weighted by atomic mass is 16.5. The van der Waals surface area contributed by atoms with E-state index in [-0.39, 0.29) is 11.8 Å². The number of amides is 2. The van der Waals surface area contributed by atoms with Crippen molar-refractivity contribution in [1.82, 2.24) is 9.80 Å². The molecule has 7 nitrogen and oxygen atoms in total. The molecule has 0 saturated carbocycles. The second kappa shape index (κ2) is 8.64. The first-order valence-electron chi connectivity index (χ1n) is 7.99. The molecule has 7 heteroatoms. The fourth-order valence-electron chi connectivity index (χ4n) is 2.68. The predicted octanol–water partition coefficient (Wildman–Crippen LogP) is 1.000. The van der Waals surface area contributed by atoms with E-state index in [4.69, 9.17) is 14.2 Å². The van der Waals surface area contributed by atoms with Crippen LogP contribution in [0.3, 0.4) is 0 Å². The van der Waals surface area contributed by atoms with E-state index in [1.165, 1.54) is 7.05 Å². The summed E-state index contributed by atoms with van der Waals surface area (Å²) in [5, 5.41) is 0. The number of methoxy groups -OCH3 is 3. The van der Waals surface area contributed by atoms with Gasteiger partial charge in [-0.2, -0.15) is 0 Å². The van der Waals surface area contributed by atoms with Crippen molar-refractivity contribution in [2.45, 2.75) is 0 Å². The highest BCUT2D eigenvalue weighted by Crippen LogP contribution is 2.31. The van der Waals surface area contributed by atoms with Crippen LogP contribution in [0.5, 0.6) is 5.75 Å². The van der Waals surface area contributed by atoms with Gasteiger partial charge in [-0.15, -0.1) is 0 Å². The van der Waals surface area contributed by atoms with Crippen LogP contribution >= 0.6 is 0 Å². The van der Waals surface area contributed by atoms with E-state index in [1.807, 2.05) is 4.90 Å². The van der Waals surface area contributed by atoms with Crippen LogP contribution in [0.25, 0.3) is 5.57 Å². The molecule has 2 amide bonds. The van der Waals surface area contributed by atoms with Gasteiger partial charge in [0.2, 0.25) is 0 Å². The van der Waals surface area contributed by atoms with E-state index in [0.717, 1.165) is 4.90 Å². The maximum Gasteiger partial charge on any atom is 0.277 e. The first-order valence-corrected chi connectivity index (χ1v) is 7.99. The maximum absolute atomic E-state index is 12.7. The highest BCUT2D eigenvalue weighted by Gasteiger charge is 2.39. The zero-order valence-corrected chi connectivity index (χ0v) is 15.1. The third-order valence-corrected chi connectivity index (χ3v) is 4.09. The predicted molar refractivity (Wildman–Crippen MR) is 93.0 cm³/mol. The van der Waals surface area contributed by atoms with E-state index in [1.54, 1.807) is 45.6 Å². The van der Waals surface area contributed by atoms with Gasteiger partial charge >= 0.3 is 0 Å². The third-order valence-electron chi connectivity index (χ3n) is 4.09. The number of carbonyl (C=O) groups is 2. The molecule has 1 aliphatic rings. The Morgan fingerprint density at radius 1 is 0.920 bits per heavy atom. The number of rotatable bonds is 9. The summed E-state index contributed by atoms with van der Waals surface area (Å²) in [6, 6.07) is 7.10. The number of hydrogen-bond acceptors (Lipinski definition) is 6. The van der Waals surface area contributed by atoms with Crippen LogP contribution in [0.1, 0.15) is 5.56 Å². The average molecular weight is 348 g/mol. The summed E-state index contributed by atoms with van der Waals surface area (Å²) in [6.07, 6.45) is 0. The van der Waals surface area contributed by atoms with Crippen LogP contribution in [0, 0.1) is 0 Å². The van der Waals surface area contributed by atoms with Gasteiger partial charge in [0.05, 0.1) is 25.9 Å². The molecule has 1 heterocycles. The lowest BCUT2D eigenvalue weighted by atomic mass is 10.0. The molecule has 0 N–H and O–H groups in total. The minimum absolute atomic E-state index is 0.315. The van der Waals surface area contributed by atoms with Gasteiger partial charge in [-0.05, 0) is 17.7 Å². The standard InChI is InChI=1S/C18H24N2O5/c1-19-17(21)15(13-5-7-14(25-4)8-6-13)16(18(19)22)20(9-11-23-2)10-12-24-3/h5-8H,9-12H2,1-4H3. The first-order chi connectivity index (χ1) is 12.0. The van der Waals surface area contributed by atoms with Crippen molar-refractivity contribution in [3.8, 4) is 5.75 Å². The van der Waals surface area contributed by atoms with Crippen molar-refractivity contribution in [3.63, 3.8) is 0 Å². The molecule has 0 atom stereocenters. The minimum Gasteiger partial charge on any atom is -0.497 e. The summed E-state index contributed by atoms with van der Waals surface area (Å²) >= 11 is 0. The van der Waals surface area contributed by atoms with Gasteiger partial charge in [-0.25, -0.2) is 0 Å². The molecule has 0 spiro atoms. The molecule has 1 aromatic carbocycles. The van der Waals surface area contributed by atoms with Crippen LogP contribution in [-0.4, -0.2) is 76.3 Å². The van der Waals surface area contributed by atoms with Crippen molar-refractivity contribution in [1.29, 1.82) is 0 Å². The number of benzene rings is 1. The third kappa shape index (κ3) is 4.00. The van der Waals surface area contributed by atoms with Crippen molar-refractivity contribution >= 4 is 17.4 Å². The van der Waals surface area contributed by atoms with Crippen LogP contribution < -0.4 is 4.74 Å². The maximum atomic E-state index is 12.7. The van der Waals surface area contributed by atoms with Crippen LogP contribution in [0.2, 0.25) is 0 Å². The average Bonchev–Trinajstić information content (AvgIpc) is 2.86. The molecule has 0 bridgehead atoms. The quantitative estimate of drug-likeness (QED) is 0.620. The molecule has 1 aromatic rings. The van der Waals surface area contributed by atoms with Gasteiger partial charge in [-0.1, -0.05) is 12.1 Å². The fourth-order valence-corrected chi connectivity index (χ4v) is 2.68. The van der Waals surface area contributed by atoms with E-state index < -0.39 is 0 Å². The molecule has 0 unspecified atom stereocenters. The molecule has 0 aliphatic carbocycles. The Labute approximate surface area is 147 Å². The lowest BCUT2D eigenvalue weighted by molar-refractivity contribution is -0.136. The number of ether oxygens (including phenoxy) is 3. The molecule has 25 heavy (non-hydrogen) atoms. The van der Waals surface area contributed by atoms with Crippen LogP contribution in [-0.2, 0) is 19.1 Å². The summed E-state index contributed by atoms with van der Waals surface area (Å²) in [5.74, 6) is 0.0553. The van der Waals surface area contributed by atoms with Crippen molar-refractivity contribution in [2.24, 2.45) is 0 Å². The summed E-state index contributed by atoms with van der Waals surface area (Å²) in [5.41, 5.74) is 1.45. The zero-order chi connectivity index (χ0) is 18.4. The smallest absolute Gasteiger partial charge is 0.277 e. The second-order valence-electron chi connectivity index (χ2n) is 5.59. The van der Waals surface area contributed by atoms with E-state index >= 15 is 0 Å². The van der Waals surface area contributed by atoms with E-state index in [0.29, 0.717) is 48.9 Å². The molecule has 1 aliphatic heterocycles. The number of likely N-dealkylation sites (N-methyl/N-ethyl adjacent to an activating group) is 1. The molecule has 0 aromatic heterocycles. The number of nitrogens with zero attached hydrogens (tertiary/aromatic N) is 2.